The number of amides is 4. The fraction of sp³-hybridized carbons (Fsp3) is 0.571. The van der Waals surface area contributed by atoms with E-state index in [0.29, 0.717) is 13.0 Å². The normalized spacial score (nSPS) is 25.0. The van der Waals surface area contributed by atoms with Gasteiger partial charge in [-0.2, -0.15) is 0 Å². The molecule has 1 heterocycles. The minimum atomic E-state index is -0.818. The van der Waals surface area contributed by atoms with Crippen LogP contribution in [0.2, 0.25) is 0 Å². The third kappa shape index (κ3) is 3.57. The number of nitrogens with one attached hydrogen (secondary N) is 1. The van der Waals surface area contributed by atoms with Crippen molar-refractivity contribution in [2.45, 2.75) is 58.5 Å². The summed E-state index contributed by atoms with van der Waals surface area (Å²) in [4.78, 5) is 40.8. The number of carbonyl (C=O) groups is 3. The molecule has 1 aromatic carbocycles. The van der Waals surface area contributed by atoms with Crippen LogP contribution >= 0.6 is 0 Å². The number of likely N-dealkylation sites (N-methyl/N-ethyl adjacent to an activating group) is 1. The molecule has 0 aromatic heterocycles. The molecule has 0 unspecified atom stereocenters. The number of benzene rings is 1. The van der Waals surface area contributed by atoms with Gasteiger partial charge in [0.2, 0.25) is 5.91 Å². The van der Waals surface area contributed by atoms with Crippen LogP contribution in [-0.2, 0) is 16.1 Å². The molecule has 0 radical (unpaired) electrons. The Morgan fingerprint density at radius 2 is 2.04 bits per heavy atom. The largest absolute Gasteiger partial charge is 0.340 e. The van der Waals surface area contributed by atoms with E-state index in [2.05, 4.69) is 11.4 Å². The quantitative estimate of drug-likeness (QED) is 0.828. The van der Waals surface area contributed by atoms with E-state index in [-0.39, 0.29) is 24.3 Å². The molecular weight excluding hydrogens is 342 g/mol. The maximum atomic E-state index is 13.0. The molecule has 1 N–H and O–H groups in total. The molecule has 146 valence electrons. The van der Waals surface area contributed by atoms with Gasteiger partial charge in [-0.3, -0.25) is 14.5 Å². The van der Waals surface area contributed by atoms with Gasteiger partial charge < -0.3 is 10.2 Å². The van der Waals surface area contributed by atoms with Crippen molar-refractivity contribution in [1.82, 2.24) is 15.1 Å². The van der Waals surface area contributed by atoms with Gasteiger partial charge in [-0.05, 0) is 43.7 Å². The van der Waals surface area contributed by atoms with Gasteiger partial charge in [0.25, 0.3) is 5.91 Å². The zero-order chi connectivity index (χ0) is 19.8. The summed E-state index contributed by atoms with van der Waals surface area (Å²) < 4.78 is 0. The summed E-state index contributed by atoms with van der Waals surface area (Å²) in [6.45, 7) is 6.31. The van der Waals surface area contributed by atoms with E-state index >= 15 is 0 Å². The predicted octanol–water partition coefficient (Wildman–Crippen LogP) is 2.76. The molecule has 2 fully saturated rings. The first-order valence-corrected chi connectivity index (χ1v) is 9.69. The van der Waals surface area contributed by atoms with Gasteiger partial charge in [-0.15, -0.1) is 0 Å². The van der Waals surface area contributed by atoms with E-state index in [0.717, 1.165) is 35.3 Å². The maximum Gasteiger partial charge on any atom is 0.325 e. The molecular formula is C21H29N3O3. The molecule has 6 heteroatoms. The molecule has 0 bridgehead atoms. The second kappa shape index (κ2) is 7.33. The average Bonchev–Trinajstić information content (AvgIpc) is 2.85. The van der Waals surface area contributed by atoms with Gasteiger partial charge in [-0.1, -0.05) is 43.5 Å². The Morgan fingerprint density at radius 1 is 1.30 bits per heavy atom. The zero-order valence-corrected chi connectivity index (χ0v) is 16.7. The molecule has 1 spiro atoms. The Balaban J connectivity index is 1.68. The van der Waals surface area contributed by atoms with E-state index in [4.69, 9.17) is 0 Å². The first kappa shape index (κ1) is 19.4. The fourth-order valence-electron chi connectivity index (χ4n) is 4.26. The van der Waals surface area contributed by atoms with Gasteiger partial charge >= 0.3 is 6.03 Å². The van der Waals surface area contributed by atoms with Gasteiger partial charge in [0.1, 0.15) is 12.1 Å². The summed E-state index contributed by atoms with van der Waals surface area (Å²) in [7, 11) is 1.71. The highest BCUT2D eigenvalue weighted by atomic mass is 16.2. The molecule has 1 aliphatic carbocycles. The fourth-order valence-corrected chi connectivity index (χ4v) is 4.26. The highest BCUT2D eigenvalue weighted by Crippen LogP contribution is 2.38. The lowest BCUT2D eigenvalue weighted by Crippen LogP contribution is -2.54. The minimum Gasteiger partial charge on any atom is -0.340 e. The maximum absolute atomic E-state index is 13.0. The highest BCUT2D eigenvalue weighted by Gasteiger charge is 2.55. The summed E-state index contributed by atoms with van der Waals surface area (Å²) in [5, 5.41) is 2.89. The van der Waals surface area contributed by atoms with E-state index in [1.54, 1.807) is 11.9 Å². The molecule has 1 aromatic rings. The predicted molar refractivity (Wildman–Crippen MR) is 103 cm³/mol. The van der Waals surface area contributed by atoms with Crippen molar-refractivity contribution in [3.8, 4) is 0 Å². The van der Waals surface area contributed by atoms with Gasteiger partial charge in [0, 0.05) is 13.6 Å². The number of imide groups is 1. The molecule has 1 saturated heterocycles. The van der Waals surface area contributed by atoms with Gasteiger partial charge in [-0.25, -0.2) is 4.79 Å². The van der Waals surface area contributed by atoms with Crippen molar-refractivity contribution in [2.24, 2.45) is 5.92 Å². The van der Waals surface area contributed by atoms with E-state index in [1.165, 1.54) is 5.56 Å². The Morgan fingerprint density at radius 3 is 2.70 bits per heavy atom. The summed E-state index contributed by atoms with van der Waals surface area (Å²) in [6, 6.07) is 5.67. The molecule has 3 rings (SSSR count). The van der Waals surface area contributed by atoms with Crippen LogP contribution in [0.15, 0.2) is 18.2 Å². The molecule has 2 aliphatic rings. The highest BCUT2D eigenvalue weighted by molar-refractivity contribution is 6.09. The molecule has 2 atom stereocenters. The molecule has 27 heavy (non-hydrogen) atoms. The number of aryl methyl sites for hydroxylation is 2. The van der Waals surface area contributed by atoms with Crippen LogP contribution in [0.4, 0.5) is 4.79 Å². The number of hydrogen-bond donors (Lipinski definition) is 1. The van der Waals surface area contributed by atoms with Crippen molar-refractivity contribution >= 4 is 17.8 Å². The average molecular weight is 371 g/mol. The van der Waals surface area contributed by atoms with Crippen molar-refractivity contribution in [3.05, 3.63) is 34.9 Å². The van der Waals surface area contributed by atoms with Crippen molar-refractivity contribution in [3.63, 3.8) is 0 Å². The Kier molecular flexibility index (Phi) is 5.27. The number of hydrogen-bond acceptors (Lipinski definition) is 3. The molecule has 1 saturated carbocycles. The number of carbonyl (C=O) groups excluding carboxylic acids is 3. The summed E-state index contributed by atoms with van der Waals surface area (Å²) in [5.41, 5.74) is 2.55. The lowest BCUT2D eigenvalue weighted by molar-refractivity contribution is -0.140. The lowest BCUT2D eigenvalue weighted by atomic mass is 9.73. The van der Waals surface area contributed by atoms with E-state index in [9.17, 15) is 14.4 Å². The second-order valence-electron chi connectivity index (χ2n) is 8.12. The van der Waals surface area contributed by atoms with Crippen LogP contribution < -0.4 is 5.32 Å². The monoisotopic (exact) mass is 371 g/mol. The van der Waals surface area contributed by atoms with Gasteiger partial charge in [0.05, 0.1) is 0 Å². The van der Waals surface area contributed by atoms with E-state index < -0.39 is 11.6 Å². The Bertz CT molecular complexity index is 776. The third-order valence-corrected chi connectivity index (χ3v) is 6.13. The number of rotatable bonds is 4. The summed E-state index contributed by atoms with van der Waals surface area (Å²) >= 11 is 0. The van der Waals surface area contributed by atoms with E-state index in [1.807, 2.05) is 32.9 Å². The summed E-state index contributed by atoms with van der Waals surface area (Å²) in [6.07, 6.45) is 3.57. The van der Waals surface area contributed by atoms with Crippen LogP contribution in [0.5, 0.6) is 0 Å². The van der Waals surface area contributed by atoms with Crippen molar-refractivity contribution in [1.29, 1.82) is 0 Å². The lowest BCUT2D eigenvalue weighted by Gasteiger charge is -2.36. The Labute approximate surface area is 160 Å². The van der Waals surface area contributed by atoms with Crippen molar-refractivity contribution < 1.29 is 14.4 Å². The second-order valence-corrected chi connectivity index (χ2v) is 8.12. The molecule has 4 amide bonds. The van der Waals surface area contributed by atoms with Crippen LogP contribution in [-0.4, -0.2) is 46.8 Å². The van der Waals surface area contributed by atoms with Gasteiger partial charge in [0.15, 0.2) is 0 Å². The molecule has 1 aliphatic heterocycles. The smallest absolute Gasteiger partial charge is 0.325 e. The van der Waals surface area contributed by atoms with Crippen LogP contribution in [0.3, 0.4) is 0 Å². The standard InChI is InChI=1S/C21H29N3O3/c1-14-8-9-17(15(2)11-14)12-23(4)18(25)13-24-19(26)21(22-20(24)27)10-6-5-7-16(21)3/h8-9,11,16H,5-7,10,12-13H2,1-4H3,(H,22,27)/t16-,21-/m1/s1. The van der Waals surface area contributed by atoms with Crippen LogP contribution in [0.1, 0.15) is 49.3 Å². The number of nitrogens with zero attached hydrogens (tertiary/aromatic N) is 2. The Hall–Kier alpha value is -2.37. The summed E-state index contributed by atoms with van der Waals surface area (Å²) in [5.74, 6) is -0.386. The third-order valence-electron chi connectivity index (χ3n) is 6.13. The SMILES string of the molecule is Cc1ccc(CN(C)C(=O)CN2C(=O)N[C@@]3(CCCC[C@H]3C)C2=O)c(C)c1. The first-order chi connectivity index (χ1) is 12.7. The first-order valence-electron chi connectivity index (χ1n) is 9.69. The number of urea groups is 1. The zero-order valence-electron chi connectivity index (χ0n) is 16.7. The topological polar surface area (TPSA) is 69.7 Å². The van der Waals surface area contributed by atoms with Crippen LogP contribution in [0, 0.1) is 19.8 Å². The van der Waals surface area contributed by atoms with Crippen molar-refractivity contribution in [2.75, 3.05) is 13.6 Å². The molecule has 6 nitrogen and oxygen atoms in total. The minimum absolute atomic E-state index is 0.0933. The van der Waals surface area contributed by atoms with Crippen LogP contribution in [0.25, 0.3) is 0 Å².